The molecule has 0 saturated heterocycles. The van der Waals surface area contributed by atoms with E-state index in [4.69, 9.17) is 33.2 Å². The quantitative estimate of drug-likeness (QED) is 0.0537. The molecule has 250 valence electrons. The Balaban J connectivity index is 1.99. The van der Waals surface area contributed by atoms with Crippen LogP contribution < -0.4 is 0 Å². The molecule has 0 aromatic carbocycles. The Bertz CT molecular complexity index is 664. The maximum Gasteiger partial charge on any atom is 0.104 e. The molecule has 0 spiro atoms. The summed E-state index contributed by atoms with van der Waals surface area (Å²) in [4.78, 5) is 0. The molecule has 0 amide bonds. The van der Waals surface area contributed by atoms with E-state index in [-0.39, 0.29) is 6.10 Å². The van der Waals surface area contributed by atoms with Crippen molar-refractivity contribution in [3.63, 3.8) is 0 Å². The standard InChI is InChI=1S/C36H64O7/c1-3-5-7-9-11-13-18-22-40-33-36(43-23-19-14-12-10-8-6-4-2)34-42-31-29-39-27-25-37-24-26-38-28-30-41-32-35-20-16-15-17-21-35/h3-4,16,20-21,36H,1-2,5-15,17-19,22-34H2/t36-/m1/s1. The molecule has 0 aliphatic heterocycles. The van der Waals surface area contributed by atoms with Crippen LogP contribution in [-0.4, -0.2) is 92.0 Å². The molecule has 0 aromatic rings. The smallest absolute Gasteiger partial charge is 0.104 e. The van der Waals surface area contributed by atoms with Gasteiger partial charge in [-0.15, -0.1) is 13.2 Å². The highest BCUT2D eigenvalue weighted by Gasteiger charge is 2.10. The minimum Gasteiger partial charge on any atom is -0.379 e. The van der Waals surface area contributed by atoms with Gasteiger partial charge in [-0.05, 0) is 56.9 Å². The van der Waals surface area contributed by atoms with Crippen molar-refractivity contribution in [1.29, 1.82) is 0 Å². The third-order valence-electron chi connectivity index (χ3n) is 7.04. The Labute approximate surface area is 264 Å². The van der Waals surface area contributed by atoms with Crippen LogP contribution in [0.5, 0.6) is 0 Å². The molecule has 1 rings (SSSR count). The Morgan fingerprint density at radius 3 is 1.58 bits per heavy atom. The average Bonchev–Trinajstić information content (AvgIpc) is 3.03. The van der Waals surface area contributed by atoms with Crippen LogP contribution in [0.3, 0.4) is 0 Å². The second kappa shape index (κ2) is 33.6. The van der Waals surface area contributed by atoms with Crippen LogP contribution in [0.1, 0.15) is 89.9 Å². The predicted molar refractivity (Wildman–Crippen MR) is 177 cm³/mol. The first kappa shape index (κ1) is 39.7. The van der Waals surface area contributed by atoms with E-state index in [9.17, 15) is 0 Å². The van der Waals surface area contributed by atoms with Crippen LogP contribution in [0, 0.1) is 0 Å². The summed E-state index contributed by atoms with van der Waals surface area (Å²) in [6, 6.07) is 0. The summed E-state index contributed by atoms with van der Waals surface area (Å²) in [5.74, 6) is 0. The first-order chi connectivity index (χ1) is 21.4. The van der Waals surface area contributed by atoms with Gasteiger partial charge in [0.2, 0.25) is 0 Å². The summed E-state index contributed by atoms with van der Waals surface area (Å²) in [7, 11) is 0. The van der Waals surface area contributed by atoms with Gasteiger partial charge in [-0.3, -0.25) is 0 Å². The first-order valence-corrected chi connectivity index (χ1v) is 17.0. The van der Waals surface area contributed by atoms with E-state index in [0.717, 1.165) is 51.7 Å². The molecule has 7 nitrogen and oxygen atoms in total. The van der Waals surface area contributed by atoms with E-state index >= 15 is 0 Å². The van der Waals surface area contributed by atoms with Crippen molar-refractivity contribution < 1.29 is 33.2 Å². The average molecular weight is 609 g/mol. The van der Waals surface area contributed by atoms with Crippen LogP contribution >= 0.6 is 0 Å². The van der Waals surface area contributed by atoms with Gasteiger partial charge in [-0.2, -0.15) is 0 Å². The fraction of sp³-hybridized carbons (Fsp3) is 0.778. The van der Waals surface area contributed by atoms with E-state index in [1.54, 1.807) is 0 Å². The Kier molecular flexibility index (Phi) is 31.0. The number of hydrogen-bond acceptors (Lipinski definition) is 7. The summed E-state index contributed by atoms with van der Waals surface area (Å²) in [5.41, 5.74) is 1.26. The van der Waals surface area contributed by atoms with E-state index in [0.29, 0.717) is 72.7 Å². The zero-order chi connectivity index (χ0) is 30.7. The molecular formula is C36H64O7. The van der Waals surface area contributed by atoms with Crippen LogP contribution in [0.4, 0.5) is 0 Å². The van der Waals surface area contributed by atoms with Gasteiger partial charge in [-0.25, -0.2) is 0 Å². The number of rotatable bonds is 35. The fourth-order valence-corrected chi connectivity index (χ4v) is 4.51. The molecule has 43 heavy (non-hydrogen) atoms. The van der Waals surface area contributed by atoms with Crippen molar-refractivity contribution in [2.24, 2.45) is 0 Å². The molecule has 0 N–H and O–H groups in total. The zero-order valence-electron chi connectivity index (χ0n) is 27.3. The van der Waals surface area contributed by atoms with Gasteiger partial charge in [0.05, 0.1) is 72.7 Å². The van der Waals surface area contributed by atoms with Gasteiger partial charge in [0.15, 0.2) is 0 Å². The number of hydrogen-bond donors (Lipinski definition) is 0. The second-order valence-electron chi connectivity index (χ2n) is 11.0. The second-order valence-corrected chi connectivity index (χ2v) is 11.0. The normalized spacial score (nSPS) is 13.7. The summed E-state index contributed by atoms with van der Waals surface area (Å²) in [6.07, 6.45) is 27.1. The molecule has 0 heterocycles. The molecule has 0 aromatic heterocycles. The number of allylic oxidation sites excluding steroid dienone is 4. The third kappa shape index (κ3) is 29.2. The highest BCUT2D eigenvalue weighted by Crippen LogP contribution is 2.10. The fourth-order valence-electron chi connectivity index (χ4n) is 4.51. The maximum absolute atomic E-state index is 6.12. The lowest BCUT2D eigenvalue weighted by Crippen LogP contribution is -2.27. The zero-order valence-corrected chi connectivity index (χ0v) is 27.3. The molecule has 7 heteroatoms. The number of unbranched alkanes of at least 4 members (excludes halogenated alkanes) is 10. The largest absolute Gasteiger partial charge is 0.379 e. The Morgan fingerprint density at radius 1 is 0.535 bits per heavy atom. The van der Waals surface area contributed by atoms with Crippen molar-refractivity contribution in [3.05, 3.63) is 49.1 Å². The lowest BCUT2D eigenvalue weighted by molar-refractivity contribution is -0.0701. The molecule has 1 aliphatic rings. The van der Waals surface area contributed by atoms with Crippen molar-refractivity contribution >= 4 is 0 Å². The maximum atomic E-state index is 6.12. The van der Waals surface area contributed by atoms with Gasteiger partial charge >= 0.3 is 0 Å². The summed E-state index contributed by atoms with van der Waals surface area (Å²) in [6.45, 7) is 15.3. The van der Waals surface area contributed by atoms with E-state index in [1.807, 2.05) is 12.2 Å². The third-order valence-corrected chi connectivity index (χ3v) is 7.04. The molecular weight excluding hydrogens is 544 g/mol. The van der Waals surface area contributed by atoms with Crippen molar-refractivity contribution in [3.8, 4) is 0 Å². The topological polar surface area (TPSA) is 64.6 Å². The monoisotopic (exact) mass is 608 g/mol. The van der Waals surface area contributed by atoms with Crippen molar-refractivity contribution in [2.45, 2.75) is 96.0 Å². The van der Waals surface area contributed by atoms with Gasteiger partial charge < -0.3 is 33.2 Å². The van der Waals surface area contributed by atoms with E-state index in [2.05, 4.69) is 31.4 Å². The molecule has 1 aliphatic carbocycles. The van der Waals surface area contributed by atoms with Crippen LogP contribution in [0.25, 0.3) is 0 Å². The molecule has 0 radical (unpaired) electrons. The minimum absolute atomic E-state index is 0.0386. The SMILES string of the molecule is C=CCCCCCCCOC[C@H](COCCOCCOCCOCCOCC1=CCCC=C1)OCCCCCCCC=C. The van der Waals surface area contributed by atoms with Crippen LogP contribution in [-0.2, 0) is 33.2 Å². The molecule has 0 bridgehead atoms. The Morgan fingerprint density at radius 2 is 1.02 bits per heavy atom. The predicted octanol–water partition coefficient (Wildman–Crippen LogP) is 7.80. The van der Waals surface area contributed by atoms with Crippen LogP contribution in [0.2, 0.25) is 0 Å². The highest BCUT2D eigenvalue weighted by atomic mass is 16.6. The lowest BCUT2D eigenvalue weighted by atomic mass is 10.1. The van der Waals surface area contributed by atoms with E-state index < -0.39 is 0 Å². The van der Waals surface area contributed by atoms with E-state index in [1.165, 1.54) is 56.9 Å². The van der Waals surface area contributed by atoms with Crippen LogP contribution in [0.15, 0.2) is 49.1 Å². The first-order valence-electron chi connectivity index (χ1n) is 17.0. The number of ether oxygens (including phenoxy) is 7. The lowest BCUT2D eigenvalue weighted by Gasteiger charge is -2.18. The van der Waals surface area contributed by atoms with Crippen molar-refractivity contribution in [2.75, 3.05) is 85.9 Å². The van der Waals surface area contributed by atoms with Gasteiger partial charge in [0.1, 0.15) is 6.10 Å². The van der Waals surface area contributed by atoms with Gasteiger partial charge in [-0.1, -0.05) is 68.9 Å². The van der Waals surface area contributed by atoms with Gasteiger partial charge in [0, 0.05) is 13.2 Å². The molecule has 1 atom stereocenters. The summed E-state index contributed by atoms with van der Waals surface area (Å²) >= 11 is 0. The van der Waals surface area contributed by atoms with Gasteiger partial charge in [0.25, 0.3) is 0 Å². The Hall–Kier alpha value is -1.32. The van der Waals surface area contributed by atoms with Crippen molar-refractivity contribution in [1.82, 2.24) is 0 Å². The summed E-state index contributed by atoms with van der Waals surface area (Å²) in [5, 5.41) is 0. The minimum atomic E-state index is -0.0386. The molecule has 0 saturated carbocycles. The summed E-state index contributed by atoms with van der Waals surface area (Å²) < 4.78 is 40.3. The molecule has 0 unspecified atom stereocenters. The highest BCUT2D eigenvalue weighted by molar-refractivity contribution is 5.22. The molecule has 0 fully saturated rings.